The van der Waals surface area contributed by atoms with Crippen LogP contribution >= 0.6 is 0 Å². The second-order valence-corrected chi connectivity index (χ2v) is 6.17. The van der Waals surface area contributed by atoms with Gasteiger partial charge in [0, 0.05) is 12.1 Å². The number of aromatic carboxylic acids is 1. The molecule has 0 aliphatic carbocycles. The zero-order valence-electron chi connectivity index (χ0n) is 14.0. The molecule has 4 nitrogen and oxygen atoms in total. The van der Waals surface area contributed by atoms with Crippen LogP contribution in [0.5, 0.6) is 5.75 Å². The molecule has 124 valence electrons. The Morgan fingerprint density at radius 3 is 2.75 bits per heavy atom. The van der Waals surface area contributed by atoms with E-state index in [-0.39, 0.29) is 0 Å². The van der Waals surface area contributed by atoms with Gasteiger partial charge in [0.15, 0.2) is 0 Å². The first kappa shape index (κ1) is 16.3. The van der Waals surface area contributed by atoms with E-state index in [1.807, 2.05) is 44.4 Å². The van der Waals surface area contributed by atoms with Gasteiger partial charge in [-0.2, -0.15) is 0 Å². The van der Waals surface area contributed by atoms with Crippen molar-refractivity contribution >= 4 is 11.5 Å². The molecular weight excluding hydrogens is 302 g/mol. The Balaban J connectivity index is 2.13. The van der Waals surface area contributed by atoms with Crippen molar-refractivity contribution in [2.45, 2.75) is 13.0 Å². The van der Waals surface area contributed by atoms with E-state index >= 15 is 0 Å². The van der Waals surface area contributed by atoms with Gasteiger partial charge in [0.25, 0.3) is 0 Å². The molecule has 0 spiro atoms. The average molecular weight is 323 g/mol. The third-order valence-corrected chi connectivity index (χ3v) is 4.13. The summed E-state index contributed by atoms with van der Waals surface area (Å²) in [5.41, 5.74) is 4.30. The number of fused-ring (bicyclic) bond motifs is 2. The van der Waals surface area contributed by atoms with Crippen molar-refractivity contribution in [2.24, 2.45) is 0 Å². The molecule has 24 heavy (non-hydrogen) atoms. The number of rotatable bonds is 4. The zero-order valence-corrected chi connectivity index (χ0v) is 14.0. The summed E-state index contributed by atoms with van der Waals surface area (Å²) in [5, 5.41) is 9.33. The van der Waals surface area contributed by atoms with E-state index in [4.69, 9.17) is 4.74 Å². The number of hydrogen-bond acceptors (Lipinski definition) is 3. The van der Waals surface area contributed by atoms with Crippen molar-refractivity contribution in [3.05, 3.63) is 70.8 Å². The molecule has 0 saturated carbocycles. The minimum absolute atomic E-state index is 0.298. The number of carboxylic acid groups (broad SMARTS) is 1. The van der Waals surface area contributed by atoms with Gasteiger partial charge in [-0.3, -0.25) is 0 Å². The summed E-state index contributed by atoms with van der Waals surface area (Å²) >= 11 is 0. The van der Waals surface area contributed by atoms with Gasteiger partial charge in [0.2, 0.25) is 0 Å². The Labute approximate surface area is 142 Å². The molecule has 0 amide bonds. The fraction of sp³-hybridized carbons (Fsp3) is 0.250. The summed E-state index contributed by atoms with van der Waals surface area (Å²) in [6, 6.07) is 13.2. The summed E-state index contributed by atoms with van der Waals surface area (Å²) in [5.74, 6) is -0.0782. The zero-order chi connectivity index (χ0) is 17.1. The quantitative estimate of drug-likeness (QED) is 0.933. The van der Waals surface area contributed by atoms with Crippen molar-refractivity contribution in [1.29, 1.82) is 0 Å². The van der Waals surface area contributed by atoms with Crippen LogP contribution in [0.25, 0.3) is 5.57 Å². The number of para-hydroxylation sites is 1. The molecule has 1 heterocycles. The fourth-order valence-electron chi connectivity index (χ4n) is 2.89. The van der Waals surface area contributed by atoms with Gasteiger partial charge < -0.3 is 14.7 Å². The molecule has 0 saturated heterocycles. The van der Waals surface area contributed by atoms with Gasteiger partial charge >= 0.3 is 5.97 Å². The van der Waals surface area contributed by atoms with Gasteiger partial charge in [-0.15, -0.1) is 0 Å². The molecule has 0 bridgehead atoms. The predicted octanol–water partition coefficient (Wildman–Crippen LogP) is 3.66. The van der Waals surface area contributed by atoms with Crippen LogP contribution in [0.15, 0.2) is 48.5 Å². The highest BCUT2D eigenvalue weighted by Crippen LogP contribution is 2.37. The Bertz CT molecular complexity index is 793. The van der Waals surface area contributed by atoms with Crippen LogP contribution in [-0.2, 0) is 6.61 Å². The highest BCUT2D eigenvalue weighted by molar-refractivity contribution is 5.92. The highest BCUT2D eigenvalue weighted by Gasteiger charge is 2.20. The summed E-state index contributed by atoms with van der Waals surface area (Å²) in [6.45, 7) is 1.37. The SMILES string of the molecule is CN(C)CC/C=C1/c2cc(C(=O)O)ccc2COc2ccccc21. The number of carboxylic acids is 1. The lowest BCUT2D eigenvalue weighted by Crippen LogP contribution is -2.12. The van der Waals surface area contributed by atoms with Crippen LogP contribution in [0.1, 0.15) is 33.5 Å². The Morgan fingerprint density at radius 2 is 2.00 bits per heavy atom. The molecule has 0 atom stereocenters. The number of ether oxygens (including phenoxy) is 1. The summed E-state index contributed by atoms with van der Waals surface area (Å²) in [6.07, 6.45) is 3.06. The van der Waals surface area contributed by atoms with Crippen LogP contribution in [-0.4, -0.2) is 36.6 Å². The van der Waals surface area contributed by atoms with Crippen molar-refractivity contribution in [2.75, 3.05) is 20.6 Å². The van der Waals surface area contributed by atoms with Crippen LogP contribution in [0.3, 0.4) is 0 Å². The molecule has 0 fully saturated rings. The predicted molar refractivity (Wildman–Crippen MR) is 94.4 cm³/mol. The van der Waals surface area contributed by atoms with Crippen LogP contribution < -0.4 is 4.74 Å². The minimum Gasteiger partial charge on any atom is -0.488 e. The highest BCUT2D eigenvalue weighted by atomic mass is 16.5. The molecule has 1 aliphatic rings. The maximum atomic E-state index is 11.4. The van der Waals surface area contributed by atoms with Crippen molar-refractivity contribution in [3.8, 4) is 5.75 Å². The molecule has 1 N–H and O–H groups in total. The van der Waals surface area contributed by atoms with Crippen LogP contribution in [0.2, 0.25) is 0 Å². The molecule has 4 heteroatoms. The molecule has 0 radical (unpaired) electrons. The van der Waals surface area contributed by atoms with Crippen molar-refractivity contribution in [3.63, 3.8) is 0 Å². The largest absolute Gasteiger partial charge is 0.488 e. The first-order valence-corrected chi connectivity index (χ1v) is 8.00. The summed E-state index contributed by atoms with van der Waals surface area (Å²) in [4.78, 5) is 13.5. The smallest absolute Gasteiger partial charge is 0.335 e. The second kappa shape index (κ2) is 6.89. The lowest BCUT2D eigenvalue weighted by Gasteiger charge is -2.12. The van der Waals surface area contributed by atoms with Gasteiger partial charge in [-0.25, -0.2) is 4.79 Å². The topological polar surface area (TPSA) is 49.8 Å². The van der Waals surface area contributed by atoms with E-state index in [1.54, 1.807) is 12.1 Å². The van der Waals surface area contributed by atoms with Crippen LogP contribution in [0.4, 0.5) is 0 Å². The van der Waals surface area contributed by atoms with Gasteiger partial charge in [0.05, 0.1) is 5.56 Å². The number of benzene rings is 2. The molecule has 3 rings (SSSR count). The maximum absolute atomic E-state index is 11.4. The maximum Gasteiger partial charge on any atom is 0.335 e. The number of hydrogen-bond donors (Lipinski definition) is 1. The van der Waals surface area contributed by atoms with E-state index in [9.17, 15) is 9.90 Å². The molecule has 2 aromatic carbocycles. The van der Waals surface area contributed by atoms with Crippen molar-refractivity contribution in [1.82, 2.24) is 4.90 Å². The standard InChI is InChI=1S/C20H21NO3/c1-21(2)11-5-7-16-17-6-3-4-8-19(17)24-13-15-10-9-14(20(22)23)12-18(15)16/h3-4,6-10,12H,5,11,13H2,1-2H3,(H,22,23)/b16-7+. The monoisotopic (exact) mass is 323 g/mol. The Morgan fingerprint density at radius 1 is 1.21 bits per heavy atom. The lowest BCUT2D eigenvalue weighted by atomic mass is 9.92. The van der Waals surface area contributed by atoms with Gasteiger partial charge in [0.1, 0.15) is 12.4 Å². The molecular formula is C20H21NO3. The minimum atomic E-state index is -0.913. The van der Waals surface area contributed by atoms with Gasteiger partial charge in [-0.05, 0) is 55.4 Å². The average Bonchev–Trinajstić information content (AvgIpc) is 2.71. The van der Waals surface area contributed by atoms with E-state index < -0.39 is 5.97 Å². The third kappa shape index (κ3) is 3.34. The van der Waals surface area contributed by atoms with E-state index in [1.165, 1.54) is 0 Å². The number of nitrogens with zero attached hydrogens (tertiary/aromatic N) is 1. The molecule has 0 unspecified atom stereocenters. The fourth-order valence-corrected chi connectivity index (χ4v) is 2.89. The molecule has 0 aromatic heterocycles. The number of carbonyl (C=O) groups is 1. The van der Waals surface area contributed by atoms with E-state index in [0.717, 1.165) is 41.0 Å². The van der Waals surface area contributed by atoms with Crippen molar-refractivity contribution < 1.29 is 14.6 Å². The second-order valence-electron chi connectivity index (χ2n) is 6.17. The Kier molecular flexibility index (Phi) is 4.67. The van der Waals surface area contributed by atoms with Gasteiger partial charge in [-0.1, -0.05) is 30.3 Å². The molecule has 2 aromatic rings. The third-order valence-electron chi connectivity index (χ3n) is 4.13. The summed E-state index contributed by atoms with van der Waals surface area (Å²) < 4.78 is 5.93. The lowest BCUT2D eigenvalue weighted by molar-refractivity contribution is 0.0697. The first-order valence-electron chi connectivity index (χ1n) is 8.00. The Hall–Kier alpha value is -2.59. The first-order chi connectivity index (χ1) is 11.6. The van der Waals surface area contributed by atoms with Crippen LogP contribution in [0, 0.1) is 0 Å². The molecule has 1 aliphatic heterocycles. The summed E-state index contributed by atoms with van der Waals surface area (Å²) in [7, 11) is 4.08. The van der Waals surface area contributed by atoms with E-state index in [2.05, 4.69) is 11.0 Å². The normalized spacial score (nSPS) is 14.7. The van der Waals surface area contributed by atoms with E-state index in [0.29, 0.717) is 12.2 Å².